The highest BCUT2D eigenvalue weighted by Crippen LogP contribution is 2.30. The monoisotopic (exact) mass is 305 g/mol. The highest BCUT2D eigenvalue weighted by atomic mass is 32.1. The second-order valence-corrected chi connectivity index (χ2v) is 7.79. The van der Waals surface area contributed by atoms with E-state index in [1.807, 2.05) is 22.7 Å². The van der Waals surface area contributed by atoms with Gasteiger partial charge in [0.15, 0.2) is 0 Å². The van der Waals surface area contributed by atoms with Gasteiger partial charge in [-0.3, -0.25) is 0 Å². The van der Waals surface area contributed by atoms with Crippen molar-refractivity contribution in [2.24, 2.45) is 5.92 Å². The Labute approximate surface area is 130 Å². The van der Waals surface area contributed by atoms with Crippen molar-refractivity contribution in [2.45, 2.75) is 51.6 Å². The zero-order valence-corrected chi connectivity index (χ0v) is 13.7. The quantitative estimate of drug-likeness (QED) is 0.765. The van der Waals surface area contributed by atoms with Crippen LogP contribution in [0.4, 0.5) is 0 Å². The van der Waals surface area contributed by atoms with E-state index < -0.39 is 0 Å². The molecule has 2 aromatic rings. The van der Waals surface area contributed by atoms with Crippen molar-refractivity contribution in [2.75, 3.05) is 0 Å². The molecule has 3 heteroatoms. The molecule has 0 unspecified atom stereocenters. The van der Waals surface area contributed by atoms with Crippen LogP contribution in [0.2, 0.25) is 0 Å². The minimum Gasteiger partial charge on any atom is -0.309 e. The fraction of sp³-hybridized carbons (Fsp3) is 0.529. The Balaban J connectivity index is 1.53. The molecule has 1 N–H and O–H groups in total. The molecule has 0 aromatic carbocycles. The van der Waals surface area contributed by atoms with Gasteiger partial charge in [-0.1, -0.05) is 25.3 Å². The summed E-state index contributed by atoms with van der Waals surface area (Å²) in [5, 5.41) is 8.18. The molecule has 3 rings (SSSR count). The summed E-state index contributed by atoms with van der Waals surface area (Å²) in [6, 6.07) is 7.33. The lowest BCUT2D eigenvalue weighted by Gasteiger charge is -2.28. The van der Waals surface area contributed by atoms with Gasteiger partial charge in [0.2, 0.25) is 0 Å². The van der Waals surface area contributed by atoms with Crippen molar-refractivity contribution in [3.8, 4) is 10.4 Å². The summed E-state index contributed by atoms with van der Waals surface area (Å²) < 4.78 is 0. The van der Waals surface area contributed by atoms with Gasteiger partial charge in [-0.15, -0.1) is 22.7 Å². The van der Waals surface area contributed by atoms with Gasteiger partial charge in [0, 0.05) is 27.9 Å². The van der Waals surface area contributed by atoms with Crippen molar-refractivity contribution in [3.63, 3.8) is 0 Å². The molecule has 108 valence electrons. The highest BCUT2D eigenvalue weighted by Gasteiger charge is 2.19. The van der Waals surface area contributed by atoms with E-state index in [4.69, 9.17) is 0 Å². The lowest BCUT2D eigenvalue weighted by atomic mass is 9.84. The summed E-state index contributed by atoms with van der Waals surface area (Å²) in [4.78, 5) is 2.84. The van der Waals surface area contributed by atoms with Crippen LogP contribution in [-0.4, -0.2) is 6.04 Å². The maximum absolute atomic E-state index is 3.74. The van der Waals surface area contributed by atoms with Crippen LogP contribution in [0.25, 0.3) is 10.4 Å². The second kappa shape index (κ2) is 6.88. The average Bonchev–Trinajstić information content (AvgIpc) is 3.16. The number of nitrogens with one attached hydrogen (secondary N) is 1. The number of hydrogen-bond acceptors (Lipinski definition) is 3. The number of rotatable bonds is 5. The van der Waals surface area contributed by atoms with Crippen LogP contribution in [0.3, 0.4) is 0 Å². The largest absolute Gasteiger partial charge is 0.309 e. The third kappa shape index (κ3) is 3.51. The van der Waals surface area contributed by atoms with Crippen molar-refractivity contribution in [1.29, 1.82) is 0 Å². The molecule has 1 atom stereocenters. The minimum atomic E-state index is 0.655. The Morgan fingerprint density at radius 2 is 2.10 bits per heavy atom. The summed E-state index contributed by atoms with van der Waals surface area (Å²) in [6.07, 6.45) is 7.13. The van der Waals surface area contributed by atoms with Crippen LogP contribution < -0.4 is 5.32 Å². The number of thiophene rings is 2. The predicted octanol–water partition coefficient (Wildman–Crippen LogP) is 5.54. The molecular weight excluding hydrogens is 282 g/mol. The molecule has 0 bridgehead atoms. The van der Waals surface area contributed by atoms with Crippen LogP contribution in [0.5, 0.6) is 0 Å². The Bertz CT molecular complexity index is 509. The number of hydrogen-bond donors (Lipinski definition) is 1. The van der Waals surface area contributed by atoms with Gasteiger partial charge in [0.1, 0.15) is 0 Å². The molecule has 0 spiro atoms. The van der Waals surface area contributed by atoms with Crippen molar-refractivity contribution in [3.05, 3.63) is 33.8 Å². The first-order valence-electron chi connectivity index (χ1n) is 7.67. The first-order valence-corrected chi connectivity index (χ1v) is 9.43. The third-order valence-corrected chi connectivity index (χ3v) is 6.27. The Morgan fingerprint density at radius 3 is 2.85 bits per heavy atom. The van der Waals surface area contributed by atoms with E-state index in [0.717, 1.165) is 12.5 Å². The second-order valence-electron chi connectivity index (χ2n) is 5.85. The summed E-state index contributed by atoms with van der Waals surface area (Å²) in [7, 11) is 0. The van der Waals surface area contributed by atoms with E-state index in [9.17, 15) is 0 Å². The van der Waals surface area contributed by atoms with Crippen LogP contribution in [-0.2, 0) is 6.54 Å². The summed E-state index contributed by atoms with van der Waals surface area (Å²) in [6.45, 7) is 3.39. The van der Waals surface area contributed by atoms with Gasteiger partial charge >= 0.3 is 0 Å². The van der Waals surface area contributed by atoms with Crippen molar-refractivity contribution >= 4 is 22.7 Å². The van der Waals surface area contributed by atoms with Crippen molar-refractivity contribution < 1.29 is 0 Å². The Kier molecular flexibility index (Phi) is 4.92. The van der Waals surface area contributed by atoms with Crippen LogP contribution in [0, 0.1) is 5.92 Å². The summed E-state index contributed by atoms with van der Waals surface area (Å²) >= 11 is 3.70. The molecule has 2 heterocycles. The van der Waals surface area contributed by atoms with Gasteiger partial charge in [-0.2, -0.15) is 0 Å². The van der Waals surface area contributed by atoms with E-state index >= 15 is 0 Å². The standard InChI is InChI=1S/C17H23NS2/c1-13(14-6-3-2-4-7-14)18-11-16-10-15(12-20-16)17-8-5-9-19-17/h5,8-10,12-14,18H,2-4,6-7,11H2,1H3/t13-/m1/s1. The lowest BCUT2D eigenvalue weighted by Crippen LogP contribution is -2.33. The van der Waals surface area contributed by atoms with Gasteiger partial charge in [0.05, 0.1) is 0 Å². The van der Waals surface area contributed by atoms with Crippen molar-refractivity contribution in [1.82, 2.24) is 5.32 Å². The molecule has 1 nitrogen and oxygen atoms in total. The van der Waals surface area contributed by atoms with Gasteiger partial charge in [0.25, 0.3) is 0 Å². The Morgan fingerprint density at radius 1 is 1.25 bits per heavy atom. The molecule has 0 amide bonds. The minimum absolute atomic E-state index is 0.655. The molecule has 0 radical (unpaired) electrons. The molecule has 20 heavy (non-hydrogen) atoms. The highest BCUT2D eigenvalue weighted by molar-refractivity contribution is 7.14. The normalized spacial score (nSPS) is 18.2. The molecule has 1 aliphatic rings. The molecule has 1 aliphatic carbocycles. The van der Waals surface area contributed by atoms with E-state index in [2.05, 4.69) is 41.2 Å². The van der Waals surface area contributed by atoms with E-state index in [1.165, 1.54) is 47.4 Å². The average molecular weight is 306 g/mol. The topological polar surface area (TPSA) is 12.0 Å². The molecule has 2 aromatic heterocycles. The summed E-state index contributed by atoms with van der Waals surface area (Å²) in [5.41, 5.74) is 1.38. The van der Waals surface area contributed by atoms with Crippen LogP contribution >= 0.6 is 22.7 Å². The zero-order valence-electron chi connectivity index (χ0n) is 12.1. The maximum Gasteiger partial charge on any atom is 0.0351 e. The zero-order chi connectivity index (χ0) is 13.8. The first kappa shape index (κ1) is 14.3. The molecular formula is C17H23NS2. The smallest absolute Gasteiger partial charge is 0.0351 e. The van der Waals surface area contributed by atoms with Gasteiger partial charge < -0.3 is 5.32 Å². The molecule has 1 saturated carbocycles. The van der Waals surface area contributed by atoms with E-state index in [0.29, 0.717) is 6.04 Å². The van der Waals surface area contributed by atoms with Gasteiger partial charge in [-0.05, 0) is 48.6 Å². The van der Waals surface area contributed by atoms with Gasteiger partial charge in [-0.25, -0.2) is 0 Å². The first-order chi connectivity index (χ1) is 9.83. The fourth-order valence-corrected chi connectivity index (χ4v) is 4.73. The molecule has 0 aliphatic heterocycles. The Hall–Kier alpha value is -0.640. The molecule has 0 saturated heterocycles. The van der Waals surface area contributed by atoms with Crippen LogP contribution in [0.1, 0.15) is 43.9 Å². The van der Waals surface area contributed by atoms with Crippen LogP contribution in [0.15, 0.2) is 29.0 Å². The third-order valence-electron chi connectivity index (χ3n) is 4.41. The lowest BCUT2D eigenvalue weighted by molar-refractivity contribution is 0.281. The SMILES string of the molecule is C[C@@H](NCc1cc(-c2cccs2)cs1)C1CCCCC1. The van der Waals surface area contributed by atoms with E-state index in [-0.39, 0.29) is 0 Å². The maximum atomic E-state index is 3.74. The summed E-state index contributed by atoms with van der Waals surface area (Å²) in [5.74, 6) is 0.889. The van der Waals surface area contributed by atoms with E-state index in [1.54, 1.807) is 0 Å². The fourth-order valence-electron chi connectivity index (χ4n) is 3.11. The molecule has 1 fully saturated rings. The predicted molar refractivity (Wildman–Crippen MR) is 90.5 cm³/mol.